The number of aryl methyl sites for hydroxylation is 1. The second-order valence-electron chi connectivity index (χ2n) is 8.11. The number of aromatic nitrogens is 2. The summed E-state index contributed by atoms with van der Waals surface area (Å²) in [4.78, 5) is 14.8. The molecule has 0 unspecified atom stereocenters. The van der Waals surface area contributed by atoms with E-state index in [1.807, 2.05) is 12.1 Å². The lowest BCUT2D eigenvalue weighted by Gasteiger charge is -2.46. The SMILES string of the molecule is Cc1ccc2[nH]nc(NCC(=O)NC3CN(C4CCC(C)CC4)C3)c2c1. The molecular formula is C20H29N5O. The minimum Gasteiger partial charge on any atom is -0.359 e. The second kappa shape index (κ2) is 7.27. The normalized spacial score (nSPS) is 24.4. The lowest BCUT2D eigenvalue weighted by atomic mass is 9.85. The molecule has 140 valence electrons. The van der Waals surface area contributed by atoms with Gasteiger partial charge in [-0.05, 0) is 50.7 Å². The third-order valence-corrected chi connectivity index (χ3v) is 5.91. The summed E-state index contributed by atoms with van der Waals surface area (Å²) in [5.74, 6) is 1.66. The fourth-order valence-electron chi connectivity index (χ4n) is 4.22. The van der Waals surface area contributed by atoms with Crippen molar-refractivity contribution in [3.8, 4) is 0 Å². The van der Waals surface area contributed by atoms with Crippen molar-refractivity contribution in [2.75, 3.05) is 25.0 Å². The number of carbonyl (C=O) groups excluding carboxylic acids is 1. The number of hydrogen-bond acceptors (Lipinski definition) is 4. The fraction of sp³-hybridized carbons (Fsp3) is 0.600. The van der Waals surface area contributed by atoms with Crippen LogP contribution in [0, 0.1) is 12.8 Å². The minimum absolute atomic E-state index is 0.0377. The van der Waals surface area contributed by atoms with Crippen LogP contribution in [0.15, 0.2) is 18.2 Å². The Bertz CT molecular complexity index is 772. The van der Waals surface area contributed by atoms with Gasteiger partial charge in [-0.3, -0.25) is 14.8 Å². The van der Waals surface area contributed by atoms with E-state index in [1.54, 1.807) is 0 Å². The van der Waals surface area contributed by atoms with Crippen LogP contribution in [0.4, 0.5) is 5.82 Å². The van der Waals surface area contributed by atoms with E-state index < -0.39 is 0 Å². The predicted molar refractivity (Wildman–Crippen MR) is 104 cm³/mol. The number of benzene rings is 1. The van der Waals surface area contributed by atoms with Crippen LogP contribution in [0.3, 0.4) is 0 Å². The monoisotopic (exact) mass is 355 g/mol. The fourth-order valence-corrected chi connectivity index (χ4v) is 4.22. The number of likely N-dealkylation sites (tertiary alicyclic amines) is 1. The maximum atomic E-state index is 12.2. The highest BCUT2D eigenvalue weighted by Gasteiger charge is 2.34. The van der Waals surface area contributed by atoms with E-state index >= 15 is 0 Å². The third-order valence-electron chi connectivity index (χ3n) is 5.91. The number of carbonyl (C=O) groups is 1. The van der Waals surface area contributed by atoms with E-state index in [-0.39, 0.29) is 12.5 Å². The quantitative estimate of drug-likeness (QED) is 0.771. The molecule has 1 aliphatic carbocycles. The van der Waals surface area contributed by atoms with E-state index in [4.69, 9.17) is 0 Å². The summed E-state index contributed by atoms with van der Waals surface area (Å²) in [5, 5.41) is 14.6. The van der Waals surface area contributed by atoms with Crippen molar-refractivity contribution >= 4 is 22.6 Å². The van der Waals surface area contributed by atoms with E-state index in [0.29, 0.717) is 6.04 Å². The lowest BCUT2D eigenvalue weighted by Crippen LogP contribution is -2.63. The minimum atomic E-state index is 0.0377. The Labute approximate surface area is 154 Å². The van der Waals surface area contributed by atoms with Gasteiger partial charge in [-0.15, -0.1) is 0 Å². The van der Waals surface area contributed by atoms with Crippen LogP contribution in [-0.4, -0.2) is 52.7 Å². The molecule has 0 bridgehead atoms. The van der Waals surface area contributed by atoms with Crippen molar-refractivity contribution in [1.82, 2.24) is 20.4 Å². The molecule has 1 saturated carbocycles. The molecule has 1 amide bonds. The van der Waals surface area contributed by atoms with Gasteiger partial charge >= 0.3 is 0 Å². The Hall–Kier alpha value is -2.08. The number of amides is 1. The molecule has 6 nitrogen and oxygen atoms in total. The van der Waals surface area contributed by atoms with Crippen LogP contribution >= 0.6 is 0 Å². The molecule has 0 radical (unpaired) electrons. The van der Waals surface area contributed by atoms with Crippen molar-refractivity contribution in [1.29, 1.82) is 0 Å². The van der Waals surface area contributed by atoms with Gasteiger partial charge in [0.05, 0.1) is 18.1 Å². The molecule has 2 aromatic rings. The Balaban J connectivity index is 1.22. The van der Waals surface area contributed by atoms with Crippen molar-refractivity contribution < 1.29 is 4.79 Å². The number of fused-ring (bicyclic) bond motifs is 1. The number of H-pyrrole nitrogens is 1. The first-order chi connectivity index (χ1) is 12.6. The first kappa shape index (κ1) is 17.3. The first-order valence-electron chi connectivity index (χ1n) is 9.80. The van der Waals surface area contributed by atoms with Crippen molar-refractivity contribution in [2.45, 2.75) is 51.6 Å². The summed E-state index contributed by atoms with van der Waals surface area (Å²) < 4.78 is 0. The van der Waals surface area contributed by atoms with Crippen LogP contribution in [-0.2, 0) is 4.79 Å². The van der Waals surface area contributed by atoms with E-state index in [0.717, 1.165) is 41.8 Å². The van der Waals surface area contributed by atoms with Crippen LogP contribution in [0.2, 0.25) is 0 Å². The molecule has 1 aromatic heterocycles. The smallest absolute Gasteiger partial charge is 0.239 e. The standard InChI is InChI=1S/C20H29N5O/c1-13-3-6-16(7-4-13)25-11-15(12-25)22-19(26)10-21-20-17-9-14(2)5-8-18(17)23-24-20/h5,8-9,13,15-16H,3-4,6-7,10-12H2,1-2H3,(H,22,26)(H2,21,23,24). The molecule has 1 aromatic carbocycles. The van der Waals surface area contributed by atoms with E-state index in [2.05, 4.69) is 45.6 Å². The molecule has 0 atom stereocenters. The molecule has 3 N–H and O–H groups in total. The zero-order valence-corrected chi connectivity index (χ0v) is 15.7. The number of nitrogens with zero attached hydrogens (tertiary/aromatic N) is 2. The maximum Gasteiger partial charge on any atom is 0.239 e. The van der Waals surface area contributed by atoms with Crippen molar-refractivity contribution in [3.63, 3.8) is 0 Å². The molecule has 1 saturated heterocycles. The summed E-state index contributed by atoms with van der Waals surface area (Å²) in [6.07, 6.45) is 5.32. The Kier molecular flexibility index (Phi) is 4.85. The number of rotatable bonds is 5. The molecular weight excluding hydrogens is 326 g/mol. The molecule has 4 rings (SSSR count). The third kappa shape index (κ3) is 3.70. The highest BCUT2D eigenvalue weighted by atomic mass is 16.2. The van der Waals surface area contributed by atoms with Gasteiger partial charge < -0.3 is 10.6 Å². The van der Waals surface area contributed by atoms with Gasteiger partial charge in [-0.2, -0.15) is 5.10 Å². The summed E-state index contributed by atoms with van der Waals surface area (Å²) >= 11 is 0. The summed E-state index contributed by atoms with van der Waals surface area (Å²) in [7, 11) is 0. The van der Waals surface area contributed by atoms with Crippen LogP contribution in [0.5, 0.6) is 0 Å². The Morgan fingerprint density at radius 3 is 2.81 bits per heavy atom. The van der Waals surface area contributed by atoms with E-state index in [1.165, 1.54) is 31.2 Å². The van der Waals surface area contributed by atoms with Crippen LogP contribution < -0.4 is 10.6 Å². The number of aromatic amines is 1. The van der Waals surface area contributed by atoms with Gasteiger partial charge in [0, 0.05) is 24.5 Å². The molecule has 2 heterocycles. The van der Waals surface area contributed by atoms with Crippen LogP contribution in [0.1, 0.15) is 38.2 Å². The number of hydrogen-bond donors (Lipinski definition) is 3. The lowest BCUT2D eigenvalue weighted by molar-refractivity contribution is -0.121. The van der Waals surface area contributed by atoms with Gasteiger partial charge in [0.2, 0.25) is 5.91 Å². The number of anilines is 1. The molecule has 2 aliphatic rings. The first-order valence-corrected chi connectivity index (χ1v) is 9.80. The van der Waals surface area contributed by atoms with Gasteiger partial charge in [0.25, 0.3) is 0 Å². The molecule has 6 heteroatoms. The maximum absolute atomic E-state index is 12.2. The zero-order valence-electron chi connectivity index (χ0n) is 15.7. The van der Waals surface area contributed by atoms with Gasteiger partial charge in [-0.1, -0.05) is 18.6 Å². The number of nitrogens with one attached hydrogen (secondary N) is 3. The Morgan fingerprint density at radius 1 is 1.27 bits per heavy atom. The molecule has 2 fully saturated rings. The van der Waals surface area contributed by atoms with Crippen molar-refractivity contribution in [2.24, 2.45) is 5.92 Å². The molecule has 1 aliphatic heterocycles. The van der Waals surface area contributed by atoms with Gasteiger partial charge in [0.1, 0.15) is 0 Å². The summed E-state index contributed by atoms with van der Waals surface area (Å²) in [6.45, 7) is 6.65. The second-order valence-corrected chi connectivity index (χ2v) is 8.11. The summed E-state index contributed by atoms with van der Waals surface area (Å²) in [6, 6.07) is 7.16. The molecule has 26 heavy (non-hydrogen) atoms. The summed E-state index contributed by atoms with van der Waals surface area (Å²) in [5.41, 5.74) is 2.16. The topological polar surface area (TPSA) is 73.0 Å². The largest absolute Gasteiger partial charge is 0.359 e. The Morgan fingerprint density at radius 2 is 2.04 bits per heavy atom. The van der Waals surface area contributed by atoms with Crippen molar-refractivity contribution in [3.05, 3.63) is 23.8 Å². The average Bonchev–Trinajstić information content (AvgIpc) is 2.99. The van der Waals surface area contributed by atoms with Gasteiger partial charge in [-0.25, -0.2) is 0 Å². The van der Waals surface area contributed by atoms with Gasteiger partial charge in [0.15, 0.2) is 5.82 Å². The van der Waals surface area contributed by atoms with Crippen LogP contribution in [0.25, 0.3) is 10.9 Å². The average molecular weight is 355 g/mol. The highest BCUT2D eigenvalue weighted by molar-refractivity contribution is 5.92. The zero-order chi connectivity index (χ0) is 18.1. The molecule has 0 spiro atoms. The highest BCUT2D eigenvalue weighted by Crippen LogP contribution is 2.29. The van der Waals surface area contributed by atoms with E-state index in [9.17, 15) is 4.79 Å². The predicted octanol–water partition coefficient (Wildman–Crippen LogP) is 2.66.